The molecule has 0 saturated carbocycles. The van der Waals surface area contributed by atoms with Crippen LogP contribution < -0.4 is 14.8 Å². The molecule has 0 aliphatic heterocycles. The minimum atomic E-state index is -0.142. The Morgan fingerprint density at radius 1 is 1.04 bits per heavy atom. The number of carbonyl (C=O) groups is 1. The van der Waals surface area contributed by atoms with Crippen LogP contribution in [0.25, 0.3) is 10.9 Å². The number of aromatic nitrogens is 1. The van der Waals surface area contributed by atoms with Gasteiger partial charge in [-0.3, -0.25) is 9.78 Å². The van der Waals surface area contributed by atoms with E-state index < -0.39 is 0 Å². The number of carbonyl (C=O) groups excluding carboxylic acids is 1. The third kappa shape index (κ3) is 4.11. The number of nitrogens with one attached hydrogen (secondary N) is 1. The molecule has 0 unspecified atom stereocenters. The van der Waals surface area contributed by atoms with Gasteiger partial charge in [0, 0.05) is 5.39 Å². The van der Waals surface area contributed by atoms with Crippen LogP contribution in [0.2, 0.25) is 0 Å². The number of benzene rings is 2. The van der Waals surface area contributed by atoms with Gasteiger partial charge in [0.15, 0.2) is 0 Å². The van der Waals surface area contributed by atoms with Gasteiger partial charge in [-0.25, -0.2) is 0 Å². The molecule has 0 saturated heterocycles. The van der Waals surface area contributed by atoms with Crippen molar-refractivity contribution in [2.45, 2.75) is 13.8 Å². The molecule has 0 fully saturated rings. The molecule has 26 heavy (non-hydrogen) atoms. The average molecular weight is 350 g/mol. The number of methoxy groups -OCH3 is 1. The Bertz CT molecular complexity index is 920. The van der Waals surface area contributed by atoms with E-state index in [1.807, 2.05) is 62.4 Å². The van der Waals surface area contributed by atoms with Gasteiger partial charge in [0.05, 0.1) is 30.4 Å². The molecule has 3 rings (SSSR count). The number of hydrogen-bond donors (Lipinski definition) is 1. The Kier molecular flexibility index (Phi) is 5.37. The Labute approximate surface area is 153 Å². The van der Waals surface area contributed by atoms with Crippen LogP contribution >= 0.6 is 0 Å². The minimum absolute atomic E-state index is 0.142. The van der Waals surface area contributed by atoms with Crippen molar-refractivity contribution < 1.29 is 14.3 Å². The Balaban J connectivity index is 1.59. The maximum Gasteiger partial charge on any atom is 0.253 e. The number of hydrogen-bond acceptors (Lipinski definition) is 4. The van der Waals surface area contributed by atoms with Crippen LogP contribution in [-0.4, -0.2) is 31.2 Å². The summed E-state index contributed by atoms with van der Waals surface area (Å²) < 4.78 is 10.7. The predicted octanol–water partition coefficient (Wildman–Crippen LogP) is 3.67. The van der Waals surface area contributed by atoms with Gasteiger partial charge in [-0.15, -0.1) is 0 Å². The van der Waals surface area contributed by atoms with E-state index in [1.165, 1.54) is 0 Å². The molecule has 3 aromatic rings. The normalized spacial score (nSPS) is 10.6. The molecule has 0 spiro atoms. The number of aryl methyl sites for hydroxylation is 2. The maximum atomic E-state index is 12.5. The summed E-state index contributed by atoms with van der Waals surface area (Å²) in [5, 5.41) is 3.85. The summed E-state index contributed by atoms with van der Waals surface area (Å²) in [4.78, 5) is 17.0. The van der Waals surface area contributed by atoms with Crippen LogP contribution in [0.3, 0.4) is 0 Å². The summed E-state index contributed by atoms with van der Waals surface area (Å²) in [6.45, 7) is 4.67. The highest BCUT2D eigenvalue weighted by Crippen LogP contribution is 2.18. The zero-order valence-electron chi connectivity index (χ0n) is 15.2. The molecular weight excluding hydrogens is 328 g/mol. The summed E-state index contributed by atoms with van der Waals surface area (Å²) in [6, 6.07) is 15.3. The first-order valence-electron chi connectivity index (χ1n) is 8.50. The molecule has 5 heteroatoms. The first-order chi connectivity index (χ1) is 12.6. The van der Waals surface area contributed by atoms with Crippen LogP contribution in [0.15, 0.2) is 48.5 Å². The molecule has 0 aliphatic carbocycles. The van der Waals surface area contributed by atoms with Crippen molar-refractivity contribution in [2.24, 2.45) is 0 Å². The molecule has 1 heterocycles. The molecular formula is C21H22N2O3. The highest BCUT2D eigenvalue weighted by atomic mass is 16.5. The fourth-order valence-corrected chi connectivity index (χ4v) is 2.72. The van der Waals surface area contributed by atoms with Crippen LogP contribution in [-0.2, 0) is 0 Å². The fourth-order valence-electron chi connectivity index (χ4n) is 2.72. The summed E-state index contributed by atoms with van der Waals surface area (Å²) in [6.07, 6.45) is 0. The van der Waals surface area contributed by atoms with E-state index >= 15 is 0 Å². The summed E-state index contributed by atoms with van der Waals surface area (Å²) in [5.74, 6) is 1.37. The smallest absolute Gasteiger partial charge is 0.253 e. The number of fused-ring (bicyclic) bond motifs is 1. The van der Waals surface area contributed by atoms with Crippen molar-refractivity contribution in [1.82, 2.24) is 10.3 Å². The molecule has 2 aromatic carbocycles. The van der Waals surface area contributed by atoms with Crippen LogP contribution in [0, 0.1) is 13.8 Å². The average Bonchev–Trinajstić information content (AvgIpc) is 2.65. The van der Waals surface area contributed by atoms with E-state index in [0.717, 1.165) is 33.7 Å². The maximum absolute atomic E-state index is 12.5. The number of ether oxygens (including phenoxy) is 2. The SMILES string of the molecule is COc1ccc(OCCNC(=O)c2cc3cc(C)ccc3nc2C)cc1. The Morgan fingerprint density at radius 3 is 2.50 bits per heavy atom. The largest absolute Gasteiger partial charge is 0.497 e. The Hall–Kier alpha value is -3.08. The number of pyridine rings is 1. The van der Waals surface area contributed by atoms with Crippen molar-refractivity contribution >= 4 is 16.8 Å². The first kappa shape index (κ1) is 17.7. The molecule has 134 valence electrons. The molecule has 1 N–H and O–H groups in total. The van der Waals surface area contributed by atoms with Gasteiger partial charge in [-0.2, -0.15) is 0 Å². The van der Waals surface area contributed by atoms with Crippen LogP contribution in [0.5, 0.6) is 11.5 Å². The van der Waals surface area contributed by atoms with E-state index in [-0.39, 0.29) is 5.91 Å². The lowest BCUT2D eigenvalue weighted by Crippen LogP contribution is -2.28. The second kappa shape index (κ2) is 7.87. The van der Waals surface area contributed by atoms with Gasteiger partial charge in [-0.1, -0.05) is 11.6 Å². The highest BCUT2D eigenvalue weighted by Gasteiger charge is 2.11. The lowest BCUT2D eigenvalue weighted by atomic mass is 10.1. The second-order valence-corrected chi connectivity index (χ2v) is 6.10. The van der Waals surface area contributed by atoms with Gasteiger partial charge in [-0.05, 0) is 56.3 Å². The zero-order valence-corrected chi connectivity index (χ0v) is 15.2. The molecule has 0 atom stereocenters. The van der Waals surface area contributed by atoms with Crippen LogP contribution in [0.4, 0.5) is 0 Å². The molecule has 5 nitrogen and oxygen atoms in total. The van der Waals surface area contributed by atoms with E-state index in [0.29, 0.717) is 18.7 Å². The van der Waals surface area contributed by atoms with E-state index in [1.54, 1.807) is 7.11 Å². The second-order valence-electron chi connectivity index (χ2n) is 6.10. The quantitative estimate of drug-likeness (QED) is 0.689. The van der Waals surface area contributed by atoms with E-state index in [2.05, 4.69) is 10.3 Å². The molecule has 1 aromatic heterocycles. The summed E-state index contributed by atoms with van der Waals surface area (Å²) in [7, 11) is 1.62. The number of rotatable bonds is 6. The zero-order chi connectivity index (χ0) is 18.5. The van der Waals surface area contributed by atoms with Crippen molar-refractivity contribution in [1.29, 1.82) is 0 Å². The topological polar surface area (TPSA) is 60.5 Å². The van der Waals surface area contributed by atoms with Crippen molar-refractivity contribution in [3.8, 4) is 11.5 Å². The molecule has 0 aliphatic rings. The molecule has 0 bridgehead atoms. The third-order valence-corrected chi connectivity index (χ3v) is 4.12. The van der Waals surface area contributed by atoms with Crippen molar-refractivity contribution in [2.75, 3.05) is 20.3 Å². The lowest BCUT2D eigenvalue weighted by Gasteiger charge is -2.10. The van der Waals surface area contributed by atoms with Crippen molar-refractivity contribution in [3.63, 3.8) is 0 Å². The number of amides is 1. The van der Waals surface area contributed by atoms with Gasteiger partial charge >= 0.3 is 0 Å². The molecule has 1 amide bonds. The fraction of sp³-hybridized carbons (Fsp3) is 0.238. The summed E-state index contributed by atoms with van der Waals surface area (Å²) >= 11 is 0. The van der Waals surface area contributed by atoms with Gasteiger partial charge < -0.3 is 14.8 Å². The minimum Gasteiger partial charge on any atom is -0.497 e. The van der Waals surface area contributed by atoms with E-state index in [9.17, 15) is 4.79 Å². The van der Waals surface area contributed by atoms with E-state index in [4.69, 9.17) is 9.47 Å². The predicted molar refractivity (Wildman–Crippen MR) is 102 cm³/mol. The van der Waals surface area contributed by atoms with Gasteiger partial charge in [0.2, 0.25) is 0 Å². The number of nitrogens with zero attached hydrogens (tertiary/aromatic N) is 1. The highest BCUT2D eigenvalue weighted by molar-refractivity contribution is 5.98. The third-order valence-electron chi connectivity index (χ3n) is 4.12. The Morgan fingerprint density at radius 2 is 1.77 bits per heavy atom. The van der Waals surface area contributed by atoms with Crippen molar-refractivity contribution in [3.05, 3.63) is 65.4 Å². The summed E-state index contributed by atoms with van der Waals surface area (Å²) in [5.41, 5.74) is 3.34. The lowest BCUT2D eigenvalue weighted by molar-refractivity contribution is 0.0946. The monoisotopic (exact) mass is 350 g/mol. The molecule has 0 radical (unpaired) electrons. The van der Waals surface area contributed by atoms with Gasteiger partial charge in [0.1, 0.15) is 18.1 Å². The first-order valence-corrected chi connectivity index (χ1v) is 8.50. The standard InChI is InChI=1S/C21H22N2O3/c1-14-4-9-20-16(12-14)13-19(15(2)23-20)21(24)22-10-11-26-18-7-5-17(25-3)6-8-18/h4-9,12-13H,10-11H2,1-3H3,(H,22,24). The van der Waals surface area contributed by atoms with Gasteiger partial charge in [0.25, 0.3) is 5.91 Å². The van der Waals surface area contributed by atoms with Crippen LogP contribution in [0.1, 0.15) is 21.6 Å².